The molecule has 0 atom stereocenters. The number of hydrogen-bond acceptors (Lipinski definition) is 3. The minimum absolute atomic E-state index is 0.125. The van der Waals surface area contributed by atoms with E-state index in [-0.39, 0.29) is 5.56 Å². The predicted octanol–water partition coefficient (Wildman–Crippen LogP) is 3.18. The summed E-state index contributed by atoms with van der Waals surface area (Å²) in [5.41, 5.74) is -0.125. The van der Waals surface area contributed by atoms with Crippen molar-refractivity contribution >= 4 is 21.7 Å². The standard InChI is InChI=1S/C13H22BrN3O/c1-5-10(6-2)17(7-9(3)4)12-11(14)13(18)16-8-15-12/h8-10H,5-7H2,1-4H3,(H,15,16,18). The first-order valence-corrected chi connectivity index (χ1v) is 7.30. The van der Waals surface area contributed by atoms with E-state index in [9.17, 15) is 4.79 Å². The van der Waals surface area contributed by atoms with Gasteiger partial charge in [0.15, 0.2) is 5.82 Å². The molecule has 0 bridgehead atoms. The Kier molecular flexibility index (Phi) is 5.85. The molecule has 1 aromatic rings. The van der Waals surface area contributed by atoms with Gasteiger partial charge in [0.2, 0.25) is 0 Å². The summed E-state index contributed by atoms with van der Waals surface area (Å²) in [6, 6.07) is 0.415. The molecule has 0 amide bonds. The number of aromatic nitrogens is 2. The maximum atomic E-state index is 11.7. The van der Waals surface area contributed by atoms with Gasteiger partial charge in [0.25, 0.3) is 5.56 Å². The zero-order chi connectivity index (χ0) is 13.7. The normalized spacial score (nSPS) is 11.3. The van der Waals surface area contributed by atoms with Crippen LogP contribution in [-0.2, 0) is 0 Å². The fraction of sp³-hybridized carbons (Fsp3) is 0.692. The van der Waals surface area contributed by atoms with Crippen LogP contribution in [0.3, 0.4) is 0 Å². The quantitative estimate of drug-likeness (QED) is 0.877. The summed E-state index contributed by atoms with van der Waals surface area (Å²) in [6.07, 6.45) is 3.56. The molecule has 0 spiro atoms. The van der Waals surface area contributed by atoms with Gasteiger partial charge in [0.1, 0.15) is 4.47 Å². The van der Waals surface area contributed by atoms with Crippen LogP contribution in [0.15, 0.2) is 15.6 Å². The van der Waals surface area contributed by atoms with E-state index in [4.69, 9.17) is 0 Å². The van der Waals surface area contributed by atoms with E-state index in [0.29, 0.717) is 16.4 Å². The number of H-pyrrole nitrogens is 1. The molecular formula is C13H22BrN3O. The molecule has 18 heavy (non-hydrogen) atoms. The van der Waals surface area contributed by atoms with Crippen molar-refractivity contribution in [3.8, 4) is 0 Å². The SMILES string of the molecule is CCC(CC)N(CC(C)C)c1nc[nH]c(=O)c1Br. The van der Waals surface area contributed by atoms with Gasteiger partial charge in [-0.05, 0) is 34.7 Å². The van der Waals surface area contributed by atoms with Crippen LogP contribution in [0.5, 0.6) is 0 Å². The van der Waals surface area contributed by atoms with Crippen molar-refractivity contribution in [2.45, 2.75) is 46.6 Å². The average Bonchev–Trinajstić information content (AvgIpc) is 2.32. The van der Waals surface area contributed by atoms with Crippen molar-refractivity contribution in [1.82, 2.24) is 9.97 Å². The summed E-state index contributed by atoms with van der Waals surface area (Å²) in [6.45, 7) is 9.60. The van der Waals surface area contributed by atoms with E-state index >= 15 is 0 Å². The highest BCUT2D eigenvalue weighted by Gasteiger charge is 2.21. The number of nitrogens with zero attached hydrogens (tertiary/aromatic N) is 2. The first-order valence-electron chi connectivity index (χ1n) is 6.51. The number of hydrogen-bond donors (Lipinski definition) is 1. The summed E-state index contributed by atoms with van der Waals surface area (Å²) in [5, 5.41) is 0. The number of aromatic amines is 1. The Hall–Kier alpha value is -0.840. The number of halogens is 1. The summed E-state index contributed by atoms with van der Waals surface area (Å²) in [5.74, 6) is 1.28. The second-order valence-corrected chi connectivity index (χ2v) is 5.68. The molecule has 0 aliphatic rings. The second kappa shape index (κ2) is 6.92. The Balaban J connectivity index is 3.16. The lowest BCUT2D eigenvalue weighted by atomic mass is 10.1. The molecule has 0 saturated carbocycles. The highest BCUT2D eigenvalue weighted by molar-refractivity contribution is 9.10. The zero-order valence-electron chi connectivity index (χ0n) is 11.5. The Morgan fingerprint density at radius 1 is 1.39 bits per heavy atom. The third kappa shape index (κ3) is 3.57. The molecule has 0 aliphatic carbocycles. The number of anilines is 1. The Bertz CT molecular complexity index is 426. The van der Waals surface area contributed by atoms with Gasteiger partial charge < -0.3 is 9.88 Å². The van der Waals surface area contributed by atoms with E-state index < -0.39 is 0 Å². The van der Waals surface area contributed by atoms with Crippen molar-refractivity contribution in [1.29, 1.82) is 0 Å². The van der Waals surface area contributed by atoms with Gasteiger partial charge in [-0.1, -0.05) is 27.7 Å². The molecule has 1 aromatic heterocycles. The fourth-order valence-corrected chi connectivity index (χ4v) is 2.55. The molecule has 102 valence electrons. The van der Waals surface area contributed by atoms with Crippen LogP contribution >= 0.6 is 15.9 Å². The van der Waals surface area contributed by atoms with E-state index in [1.54, 1.807) is 0 Å². The summed E-state index contributed by atoms with van der Waals surface area (Å²) < 4.78 is 0.526. The molecule has 0 unspecified atom stereocenters. The molecule has 1 heterocycles. The first-order chi connectivity index (χ1) is 8.51. The largest absolute Gasteiger partial charge is 0.352 e. The lowest BCUT2D eigenvalue weighted by Gasteiger charge is -2.33. The molecule has 0 radical (unpaired) electrons. The van der Waals surface area contributed by atoms with Crippen LogP contribution in [0.4, 0.5) is 5.82 Å². The van der Waals surface area contributed by atoms with E-state index in [2.05, 4.69) is 58.5 Å². The van der Waals surface area contributed by atoms with E-state index in [1.807, 2.05) is 0 Å². The molecule has 0 fully saturated rings. The Labute approximate surface area is 117 Å². The highest BCUT2D eigenvalue weighted by atomic mass is 79.9. The fourth-order valence-electron chi connectivity index (χ4n) is 2.11. The van der Waals surface area contributed by atoms with Gasteiger partial charge >= 0.3 is 0 Å². The first kappa shape index (κ1) is 15.2. The summed E-state index contributed by atoms with van der Waals surface area (Å²) in [4.78, 5) is 20.8. The van der Waals surface area contributed by atoms with Gasteiger partial charge in [-0.2, -0.15) is 0 Å². The topological polar surface area (TPSA) is 49.0 Å². The zero-order valence-corrected chi connectivity index (χ0v) is 13.1. The van der Waals surface area contributed by atoms with Crippen molar-refractivity contribution in [2.75, 3.05) is 11.4 Å². The summed E-state index contributed by atoms with van der Waals surface area (Å²) in [7, 11) is 0. The summed E-state index contributed by atoms with van der Waals surface area (Å²) >= 11 is 3.35. The minimum atomic E-state index is -0.125. The third-order valence-corrected chi connectivity index (χ3v) is 3.71. The average molecular weight is 316 g/mol. The smallest absolute Gasteiger partial charge is 0.267 e. The molecule has 1 rings (SSSR count). The van der Waals surface area contributed by atoms with Gasteiger partial charge in [-0.25, -0.2) is 4.98 Å². The third-order valence-electron chi connectivity index (χ3n) is 3.00. The van der Waals surface area contributed by atoms with Gasteiger partial charge in [-0.15, -0.1) is 0 Å². The van der Waals surface area contributed by atoms with Crippen LogP contribution in [-0.4, -0.2) is 22.6 Å². The molecule has 5 heteroatoms. The lowest BCUT2D eigenvalue weighted by Crippen LogP contribution is -2.39. The van der Waals surface area contributed by atoms with Gasteiger partial charge in [0.05, 0.1) is 6.33 Å². The molecular weight excluding hydrogens is 294 g/mol. The monoisotopic (exact) mass is 315 g/mol. The van der Waals surface area contributed by atoms with Gasteiger partial charge in [0, 0.05) is 12.6 Å². The maximum Gasteiger partial charge on any atom is 0.267 e. The van der Waals surface area contributed by atoms with E-state index in [0.717, 1.165) is 25.2 Å². The van der Waals surface area contributed by atoms with Gasteiger partial charge in [-0.3, -0.25) is 4.79 Å². The molecule has 4 nitrogen and oxygen atoms in total. The van der Waals surface area contributed by atoms with Crippen molar-refractivity contribution in [2.24, 2.45) is 5.92 Å². The van der Waals surface area contributed by atoms with Crippen LogP contribution in [0.2, 0.25) is 0 Å². The van der Waals surface area contributed by atoms with Crippen molar-refractivity contribution in [3.05, 3.63) is 21.2 Å². The maximum absolute atomic E-state index is 11.7. The molecule has 0 aliphatic heterocycles. The lowest BCUT2D eigenvalue weighted by molar-refractivity contribution is 0.502. The second-order valence-electron chi connectivity index (χ2n) is 4.89. The van der Waals surface area contributed by atoms with E-state index in [1.165, 1.54) is 6.33 Å². The molecule has 0 saturated heterocycles. The van der Waals surface area contributed by atoms with Crippen LogP contribution in [0.1, 0.15) is 40.5 Å². The Morgan fingerprint density at radius 3 is 2.50 bits per heavy atom. The molecule has 0 aromatic carbocycles. The highest BCUT2D eigenvalue weighted by Crippen LogP contribution is 2.24. The van der Waals surface area contributed by atoms with Crippen LogP contribution < -0.4 is 10.5 Å². The number of nitrogens with one attached hydrogen (secondary N) is 1. The molecule has 1 N–H and O–H groups in total. The van der Waals surface area contributed by atoms with Crippen LogP contribution in [0, 0.1) is 5.92 Å². The minimum Gasteiger partial charge on any atom is -0.352 e. The van der Waals surface area contributed by atoms with Crippen molar-refractivity contribution in [3.63, 3.8) is 0 Å². The predicted molar refractivity (Wildman–Crippen MR) is 79.1 cm³/mol. The number of rotatable bonds is 6. The van der Waals surface area contributed by atoms with Crippen molar-refractivity contribution < 1.29 is 0 Å². The van der Waals surface area contributed by atoms with Crippen LogP contribution in [0.25, 0.3) is 0 Å². The Morgan fingerprint density at radius 2 is 2.00 bits per heavy atom.